The van der Waals surface area contributed by atoms with E-state index in [1.165, 1.54) is 43.4 Å². The fraction of sp³-hybridized carbons (Fsp3) is 0. The highest BCUT2D eigenvalue weighted by molar-refractivity contribution is 6.26. The smallest absolute Gasteiger partial charge is 0.147 e. The predicted octanol–water partition coefficient (Wildman–Crippen LogP) is 12.2. The van der Waals surface area contributed by atoms with Gasteiger partial charge in [0, 0.05) is 16.2 Å². The van der Waals surface area contributed by atoms with Gasteiger partial charge in [0.15, 0.2) is 0 Å². The van der Waals surface area contributed by atoms with Crippen molar-refractivity contribution in [2.24, 2.45) is 0 Å². The molecule has 0 aliphatic rings. The minimum Gasteiger partial charge on any atom is -0.292 e. The van der Waals surface area contributed by atoms with Crippen molar-refractivity contribution in [2.45, 2.75) is 0 Å². The first-order valence-corrected chi connectivity index (χ1v) is 16.0. The van der Waals surface area contributed by atoms with Crippen LogP contribution in [0.2, 0.25) is 0 Å². The highest BCUT2D eigenvalue weighted by atomic mass is 15.0. The maximum absolute atomic E-state index is 5.47. The van der Waals surface area contributed by atoms with E-state index >= 15 is 0 Å². The van der Waals surface area contributed by atoms with Crippen LogP contribution in [0.15, 0.2) is 171 Å². The molecule has 0 aliphatic carbocycles. The van der Waals surface area contributed by atoms with Crippen molar-refractivity contribution in [3.8, 4) is 22.3 Å². The lowest BCUT2D eigenvalue weighted by Crippen LogP contribution is -1.94. The molecule has 220 valence electrons. The Morgan fingerprint density at radius 2 is 1.28 bits per heavy atom. The molecule has 2 aromatic heterocycles. The van der Waals surface area contributed by atoms with Crippen molar-refractivity contribution in [3.05, 3.63) is 176 Å². The van der Waals surface area contributed by atoms with Crippen LogP contribution in [0, 0.1) is 0 Å². The molecule has 0 amide bonds. The van der Waals surface area contributed by atoms with E-state index in [-0.39, 0.29) is 0 Å². The molecule has 7 aromatic carbocycles. The van der Waals surface area contributed by atoms with Crippen molar-refractivity contribution >= 4 is 65.5 Å². The number of allylic oxidation sites excluding steroid dienone is 4. The Morgan fingerprint density at radius 3 is 2.06 bits per heavy atom. The molecule has 0 saturated heterocycles. The highest BCUT2D eigenvalue weighted by Gasteiger charge is 2.19. The Hall–Kier alpha value is -6.25. The summed E-state index contributed by atoms with van der Waals surface area (Å²) >= 11 is 0. The zero-order valence-electron chi connectivity index (χ0n) is 25.8. The van der Waals surface area contributed by atoms with E-state index < -0.39 is 0 Å². The Bertz CT molecular complexity index is 2740. The van der Waals surface area contributed by atoms with Crippen molar-refractivity contribution in [2.75, 3.05) is 0 Å². The molecule has 47 heavy (non-hydrogen) atoms. The molecule has 0 bridgehead atoms. The first kappa shape index (κ1) is 27.1. The van der Waals surface area contributed by atoms with Gasteiger partial charge in [-0.25, -0.2) is 4.98 Å². The second kappa shape index (κ2) is 10.7. The molecular weight excluding hydrogens is 569 g/mol. The lowest BCUT2D eigenvalue weighted by atomic mass is 9.91. The van der Waals surface area contributed by atoms with Gasteiger partial charge in [-0.05, 0) is 73.1 Å². The number of fused-ring (bicyclic) bond motifs is 12. The summed E-state index contributed by atoms with van der Waals surface area (Å²) in [5.74, 6) is 0. The number of benzene rings is 7. The molecule has 0 unspecified atom stereocenters. The van der Waals surface area contributed by atoms with Crippen LogP contribution in [0.25, 0.3) is 87.7 Å². The number of hydrogen-bond donors (Lipinski definition) is 0. The predicted molar refractivity (Wildman–Crippen MR) is 202 cm³/mol. The second-order valence-corrected chi connectivity index (χ2v) is 12.1. The lowest BCUT2D eigenvalue weighted by molar-refractivity contribution is 1.32. The third kappa shape index (κ3) is 4.16. The minimum absolute atomic E-state index is 0.979. The molecule has 0 saturated carbocycles. The number of rotatable bonds is 5. The van der Waals surface area contributed by atoms with Gasteiger partial charge in [0.2, 0.25) is 0 Å². The van der Waals surface area contributed by atoms with E-state index in [1.807, 2.05) is 12.2 Å². The van der Waals surface area contributed by atoms with Crippen LogP contribution in [0.4, 0.5) is 0 Å². The highest BCUT2D eigenvalue weighted by Crippen LogP contribution is 2.42. The van der Waals surface area contributed by atoms with Gasteiger partial charge in [-0.2, -0.15) is 0 Å². The summed E-state index contributed by atoms with van der Waals surface area (Å²) in [6.45, 7) is 7.84. The van der Waals surface area contributed by atoms with E-state index in [1.54, 1.807) is 6.08 Å². The molecule has 2 heteroatoms. The van der Waals surface area contributed by atoms with E-state index in [0.29, 0.717) is 0 Å². The van der Waals surface area contributed by atoms with Gasteiger partial charge >= 0.3 is 0 Å². The van der Waals surface area contributed by atoms with Gasteiger partial charge in [0.25, 0.3) is 0 Å². The third-order valence-electron chi connectivity index (χ3n) is 9.50. The van der Waals surface area contributed by atoms with Crippen LogP contribution >= 0.6 is 0 Å². The van der Waals surface area contributed by atoms with E-state index in [0.717, 1.165) is 49.8 Å². The number of hydrogen-bond acceptors (Lipinski definition) is 1. The standard InChI is InChI=1S/C45H30N2/c1-3-12-29(4-2)30-19-21-31(22-20-30)34-23-25-37-40-28-39(32-13-6-5-7-14-32)36-17-10-11-18-38(36)43(40)45-46-44-35-16-9-8-15-33(35)24-26-41(44)47(45)42(37)27-34/h3-28H,1-2H2/b29-12+. The Kier molecular flexibility index (Phi) is 6.16. The maximum atomic E-state index is 5.47. The fourth-order valence-electron chi connectivity index (χ4n) is 7.30. The van der Waals surface area contributed by atoms with Crippen molar-refractivity contribution < 1.29 is 0 Å². The van der Waals surface area contributed by atoms with E-state index in [9.17, 15) is 0 Å². The van der Waals surface area contributed by atoms with Crippen LogP contribution < -0.4 is 0 Å². The largest absolute Gasteiger partial charge is 0.292 e. The summed E-state index contributed by atoms with van der Waals surface area (Å²) < 4.78 is 2.38. The number of pyridine rings is 1. The minimum atomic E-state index is 0.979. The van der Waals surface area contributed by atoms with Gasteiger partial charge < -0.3 is 0 Å². The first-order chi connectivity index (χ1) is 23.2. The van der Waals surface area contributed by atoms with Gasteiger partial charge in [-0.15, -0.1) is 0 Å². The molecule has 9 rings (SSSR count). The maximum Gasteiger partial charge on any atom is 0.147 e. The van der Waals surface area contributed by atoms with Gasteiger partial charge in [0.05, 0.1) is 16.6 Å². The normalized spacial score (nSPS) is 12.1. The van der Waals surface area contributed by atoms with Crippen LogP contribution in [0.3, 0.4) is 0 Å². The number of nitrogens with zero attached hydrogens (tertiary/aromatic N) is 2. The number of imidazole rings is 1. The molecule has 0 N–H and O–H groups in total. The van der Waals surface area contributed by atoms with Crippen LogP contribution in [0.5, 0.6) is 0 Å². The van der Waals surface area contributed by atoms with Crippen molar-refractivity contribution in [1.82, 2.24) is 9.38 Å². The molecule has 0 spiro atoms. The van der Waals surface area contributed by atoms with Crippen LogP contribution in [0.1, 0.15) is 5.56 Å². The first-order valence-electron chi connectivity index (χ1n) is 16.0. The summed E-state index contributed by atoms with van der Waals surface area (Å²) in [5, 5.41) is 8.38. The van der Waals surface area contributed by atoms with Crippen LogP contribution in [-0.2, 0) is 0 Å². The number of aromatic nitrogens is 2. The summed E-state index contributed by atoms with van der Waals surface area (Å²) in [5.41, 5.74) is 11.2. The molecule has 0 atom stereocenters. The molecule has 0 aliphatic heterocycles. The Labute approximate surface area is 272 Å². The van der Waals surface area contributed by atoms with Gasteiger partial charge in [-0.1, -0.05) is 153 Å². The van der Waals surface area contributed by atoms with E-state index in [2.05, 4.69) is 157 Å². The second-order valence-electron chi connectivity index (χ2n) is 12.1. The van der Waals surface area contributed by atoms with E-state index in [4.69, 9.17) is 4.98 Å². The molecule has 2 heterocycles. The van der Waals surface area contributed by atoms with Gasteiger partial charge in [-0.3, -0.25) is 4.40 Å². The summed E-state index contributed by atoms with van der Waals surface area (Å²) in [4.78, 5) is 5.47. The van der Waals surface area contributed by atoms with Crippen LogP contribution in [-0.4, -0.2) is 9.38 Å². The average molecular weight is 599 g/mol. The van der Waals surface area contributed by atoms with Crippen molar-refractivity contribution in [1.29, 1.82) is 0 Å². The molecule has 9 aromatic rings. The SMILES string of the molecule is C=C/C=C(\C=C)c1ccc(-c2ccc3c4cc(-c5ccccc5)c5ccccc5c4c4nc5c6ccccc6ccc5n4c3c2)cc1. The summed E-state index contributed by atoms with van der Waals surface area (Å²) in [6.07, 6.45) is 5.66. The van der Waals surface area contributed by atoms with Gasteiger partial charge in [0.1, 0.15) is 5.65 Å². The topological polar surface area (TPSA) is 17.3 Å². The lowest BCUT2D eigenvalue weighted by Gasteiger charge is -2.16. The third-order valence-corrected chi connectivity index (χ3v) is 9.50. The Morgan fingerprint density at radius 1 is 0.553 bits per heavy atom. The summed E-state index contributed by atoms with van der Waals surface area (Å²) in [7, 11) is 0. The quantitative estimate of drug-likeness (QED) is 0.142. The Balaban J connectivity index is 1.42. The van der Waals surface area contributed by atoms with Crippen molar-refractivity contribution in [3.63, 3.8) is 0 Å². The zero-order chi connectivity index (χ0) is 31.5. The monoisotopic (exact) mass is 598 g/mol. The molecule has 0 fully saturated rings. The molecular formula is C45H30N2. The zero-order valence-corrected chi connectivity index (χ0v) is 25.8. The average Bonchev–Trinajstić information content (AvgIpc) is 3.54. The summed E-state index contributed by atoms with van der Waals surface area (Å²) in [6, 6.07) is 50.4. The fourth-order valence-corrected chi connectivity index (χ4v) is 7.30. The molecule has 2 nitrogen and oxygen atoms in total. The molecule has 0 radical (unpaired) electrons.